The summed E-state index contributed by atoms with van der Waals surface area (Å²) in [6.45, 7) is 0. The molecule has 0 unspecified atom stereocenters. The van der Waals surface area contributed by atoms with Crippen molar-refractivity contribution in [1.82, 2.24) is 14.9 Å². The first kappa shape index (κ1) is 15.0. The van der Waals surface area contributed by atoms with Gasteiger partial charge in [-0.05, 0) is 0 Å². The third-order valence-electron chi connectivity index (χ3n) is 2.38. The van der Waals surface area contributed by atoms with Crippen LogP contribution in [0.5, 0.6) is 0 Å². The summed E-state index contributed by atoms with van der Waals surface area (Å²) >= 11 is 0. The van der Waals surface area contributed by atoms with Crippen LogP contribution in [0.15, 0.2) is 12.5 Å². The standard InChI is InChI=1S/C10H12F3N3O3/c1-16-5-14-4-6(16)3-7(8(17)19-2)15-9(18)10(11,12)13/h4-5,7H,3H2,1-2H3,(H,15,18)/t7-/m0/s1. The van der Waals surface area contributed by atoms with E-state index in [1.807, 2.05) is 0 Å². The molecule has 0 fully saturated rings. The van der Waals surface area contributed by atoms with E-state index in [9.17, 15) is 22.8 Å². The largest absolute Gasteiger partial charge is 0.471 e. The number of hydrogen-bond donors (Lipinski definition) is 1. The maximum absolute atomic E-state index is 12.2. The lowest BCUT2D eigenvalue weighted by Crippen LogP contribution is -2.48. The first-order valence-electron chi connectivity index (χ1n) is 5.16. The molecule has 1 atom stereocenters. The van der Waals surface area contributed by atoms with Crippen LogP contribution in [-0.2, 0) is 27.8 Å². The number of halogens is 3. The number of nitrogens with zero attached hydrogens (tertiary/aromatic N) is 2. The number of esters is 1. The second kappa shape index (κ2) is 5.72. The van der Waals surface area contributed by atoms with Crippen molar-refractivity contribution < 1.29 is 27.5 Å². The van der Waals surface area contributed by atoms with Crippen LogP contribution < -0.4 is 5.32 Å². The molecule has 1 amide bonds. The van der Waals surface area contributed by atoms with Gasteiger partial charge in [-0.1, -0.05) is 0 Å². The van der Waals surface area contributed by atoms with E-state index in [4.69, 9.17) is 0 Å². The normalized spacial score (nSPS) is 12.9. The predicted octanol–water partition coefficient (Wildman–Crippen LogP) is 0.183. The monoisotopic (exact) mass is 279 g/mol. The summed E-state index contributed by atoms with van der Waals surface area (Å²) in [5.74, 6) is -3.15. The van der Waals surface area contributed by atoms with Crippen LogP contribution in [0.2, 0.25) is 0 Å². The zero-order valence-electron chi connectivity index (χ0n) is 10.2. The fraction of sp³-hybridized carbons (Fsp3) is 0.500. The first-order valence-corrected chi connectivity index (χ1v) is 5.16. The Morgan fingerprint density at radius 3 is 2.58 bits per heavy atom. The molecule has 1 heterocycles. The number of amides is 1. The molecule has 1 aromatic rings. The lowest BCUT2D eigenvalue weighted by atomic mass is 10.1. The molecule has 0 spiro atoms. The van der Waals surface area contributed by atoms with E-state index in [0.29, 0.717) is 5.69 Å². The van der Waals surface area contributed by atoms with Crippen molar-refractivity contribution in [2.75, 3.05) is 7.11 Å². The average Bonchev–Trinajstić information content (AvgIpc) is 2.71. The number of rotatable bonds is 4. The van der Waals surface area contributed by atoms with Gasteiger partial charge in [-0.2, -0.15) is 13.2 Å². The van der Waals surface area contributed by atoms with Crippen molar-refractivity contribution in [1.29, 1.82) is 0 Å². The second-order valence-corrected chi connectivity index (χ2v) is 3.75. The third kappa shape index (κ3) is 3.97. The summed E-state index contributed by atoms with van der Waals surface area (Å²) < 4.78 is 42.3. The first-order chi connectivity index (χ1) is 8.75. The van der Waals surface area contributed by atoms with Gasteiger partial charge in [0.1, 0.15) is 6.04 Å². The molecule has 0 aromatic carbocycles. The Hall–Kier alpha value is -2.06. The van der Waals surface area contributed by atoms with Crippen LogP contribution in [0.4, 0.5) is 13.2 Å². The van der Waals surface area contributed by atoms with Crippen molar-refractivity contribution >= 4 is 11.9 Å². The van der Waals surface area contributed by atoms with Gasteiger partial charge in [-0.3, -0.25) is 4.79 Å². The third-order valence-corrected chi connectivity index (χ3v) is 2.38. The zero-order valence-corrected chi connectivity index (χ0v) is 10.2. The van der Waals surface area contributed by atoms with E-state index in [0.717, 1.165) is 7.11 Å². The number of carbonyl (C=O) groups excluding carboxylic acids is 2. The molecule has 0 saturated carbocycles. The molecule has 1 N–H and O–H groups in total. The van der Waals surface area contributed by atoms with Gasteiger partial charge in [0.05, 0.1) is 13.4 Å². The number of alkyl halides is 3. The molecule has 9 heteroatoms. The van der Waals surface area contributed by atoms with Gasteiger partial charge < -0.3 is 14.6 Å². The molecule has 1 rings (SSSR count). The molecule has 0 aliphatic rings. The number of methoxy groups -OCH3 is 1. The van der Waals surface area contributed by atoms with E-state index < -0.39 is 24.1 Å². The Kier molecular flexibility index (Phi) is 4.52. The zero-order chi connectivity index (χ0) is 14.6. The van der Waals surface area contributed by atoms with Gasteiger partial charge >= 0.3 is 18.1 Å². The Morgan fingerprint density at radius 2 is 2.16 bits per heavy atom. The summed E-state index contributed by atoms with van der Waals surface area (Å²) in [5.41, 5.74) is 0.484. The number of ether oxygens (including phenoxy) is 1. The number of nitrogens with one attached hydrogen (secondary N) is 1. The van der Waals surface area contributed by atoms with Gasteiger partial charge in [0, 0.05) is 25.4 Å². The molecule has 6 nitrogen and oxygen atoms in total. The quantitative estimate of drug-likeness (QED) is 0.798. The molecular formula is C10H12F3N3O3. The van der Waals surface area contributed by atoms with Crippen molar-refractivity contribution in [3.05, 3.63) is 18.2 Å². The Morgan fingerprint density at radius 1 is 1.53 bits per heavy atom. The predicted molar refractivity (Wildman–Crippen MR) is 56.9 cm³/mol. The van der Waals surface area contributed by atoms with E-state index in [1.54, 1.807) is 12.4 Å². The van der Waals surface area contributed by atoms with Gasteiger partial charge in [0.15, 0.2) is 0 Å². The number of aryl methyl sites for hydroxylation is 1. The highest BCUT2D eigenvalue weighted by molar-refractivity contribution is 5.87. The lowest BCUT2D eigenvalue weighted by Gasteiger charge is -2.17. The molecule has 0 bridgehead atoms. The molecule has 106 valence electrons. The Labute approximate surface area is 106 Å². The van der Waals surface area contributed by atoms with Crippen LogP contribution in [-0.4, -0.2) is 40.8 Å². The molecule has 0 aliphatic carbocycles. The molecular weight excluding hydrogens is 267 g/mol. The topological polar surface area (TPSA) is 73.2 Å². The second-order valence-electron chi connectivity index (χ2n) is 3.75. The van der Waals surface area contributed by atoms with Crippen LogP contribution in [0.1, 0.15) is 5.69 Å². The van der Waals surface area contributed by atoms with Crippen molar-refractivity contribution in [3.8, 4) is 0 Å². The summed E-state index contributed by atoms with van der Waals surface area (Å²) in [5, 5.41) is 1.59. The smallest absolute Gasteiger partial charge is 0.467 e. The fourth-order valence-corrected chi connectivity index (χ4v) is 1.37. The minimum Gasteiger partial charge on any atom is -0.467 e. The maximum Gasteiger partial charge on any atom is 0.471 e. The minimum atomic E-state index is -5.06. The van der Waals surface area contributed by atoms with E-state index >= 15 is 0 Å². The van der Waals surface area contributed by atoms with E-state index in [1.165, 1.54) is 17.1 Å². The van der Waals surface area contributed by atoms with Crippen LogP contribution in [0.3, 0.4) is 0 Å². The van der Waals surface area contributed by atoms with Gasteiger partial charge in [-0.15, -0.1) is 0 Å². The minimum absolute atomic E-state index is 0.148. The van der Waals surface area contributed by atoms with Gasteiger partial charge in [-0.25, -0.2) is 9.78 Å². The fourth-order valence-electron chi connectivity index (χ4n) is 1.37. The molecule has 0 radical (unpaired) electrons. The number of carbonyl (C=O) groups is 2. The summed E-state index contributed by atoms with van der Waals surface area (Å²) in [6, 6.07) is -1.42. The maximum atomic E-state index is 12.2. The van der Waals surface area contributed by atoms with Crippen LogP contribution in [0, 0.1) is 0 Å². The van der Waals surface area contributed by atoms with Gasteiger partial charge in [0.2, 0.25) is 0 Å². The average molecular weight is 279 g/mol. The number of imidazole rings is 1. The number of hydrogen-bond acceptors (Lipinski definition) is 4. The highest BCUT2D eigenvalue weighted by Gasteiger charge is 2.41. The van der Waals surface area contributed by atoms with Crippen LogP contribution in [0.25, 0.3) is 0 Å². The summed E-state index contributed by atoms with van der Waals surface area (Å²) in [7, 11) is 2.64. The Balaban J connectivity index is 2.82. The molecule has 1 aromatic heterocycles. The summed E-state index contributed by atoms with van der Waals surface area (Å²) in [4.78, 5) is 26.0. The van der Waals surface area contributed by atoms with E-state index in [2.05, 4.69) is 9.72 Å². The van der Waals surface area contributed by atoms with Gasteiger partial charge in [0.25, 0.3) is 0 Å². The summed E-state index contributed by atoms with van der Waals surface area (Å²) in [6.07, 6.45) is -2.39. The highest BCUT2D eigenvalue weighted by atomic mass is 19.4. The Bertz CT molecular complexity index is 470. The van der Waals surface area contributed by atoms with Crippen molar-refractivity contribution in [2.45, 2.75) is 18.6 Å². The van der Waals surface area contributed by atoms with Crippen LogP contribution >= 0.6 is 0 Å². The van der Waals surface area contributed by atoms with Crippen molar-refractivity contribution in [2.24, 2.45) is 7.05 Å². The highest BCUT2D eigenvalue weighted by Crippen LogP contribution is 2.15. The molecule has 19 heavy (non-hydrogen) atoms. The molecule has 0 saturated heterocycles. The van der Waals surface area contributed by atoms with Crippen molar-refractivity contribution in [3.63, 3.8) is 0 Å². The number of aromatic nitrogens is 2. The lowest BCUT2D eigenvalue weighted by molar-refractivity contribution is -0.175. The SMILES string of the molecule is COC(=O)[C@H](Cc1cncn1C)NC(=O)C(F)(F)F. The van der Waals surface area contributed by atoms with E-state index in [-0.39, 0.29) is 6.42 Å². The molecule has 0 aliphatic heterocycles.